The minimum absolute atomic E-state index is 0.277. The lowest BCUT2D eigenvalue weighted by molar-refractivity contribution is 0.449. The predicted molar refractivity (Wildman–Crippen MR) is 140 cm³/mol. The molecule has 0 saturated carbocycles. The first-order valence-electron chi connectivity index (χ1n) is 11.2. The number of nitrogens with zero attached hydrogens (tertiary/aromatic N) is 4. The number of fused-ring (bicyclic) bond motifs is 2. The Labute approximate surface area is 202 Å². The number of rotatable bonds is 7. The van der Waals surface area contributed by atoms with E-state index in [0.29, 0.717) is 5.65 Å². The summed E-state index contributed by atoms with van der Waals surface area (Å²) in [5.41, 5.74) is 7.68. The van der Waals surface area contributed by atoms with Gasteiger partial charge in [0, 0.05) is 46.4 Å². The van der Waals surface area contributed by atoms with Gasteiger partial charge in [0.05, 0.1) is 17.1 Å². The molecule has 7 heteroatoms. The van der Waals surface area contributed by atoms with Gasteiger partial charge in [0.15, 0.2) is 5.65 Å². The molecule has 1 aromatic carbocycles. The van der Waals surface area contributed by atoms with Crippen LogP contribution in [0.2, 0.25) is 0 Å². The van der Waals surface area contributed by atoms with Crippen LogP contribution in [0.25, 0.3) is 50.2 Å². The van der Waals surface area contributed by atoms with Crippen LogP contribution in [0.5, 0.6) is 0 Å². The molecule has 0 aliphatic rings. The molecule has 0 unspecified atom stereocenters. The Morgan fingerprint density at radius 1 is 1.09 bits per heavy atom. The van der Waals surface area contributed by atoms with Gasteiger partial charge in [-0.3, -0.25) is 10.1 Å². The number of likely N-dealkylation sites (N-methyl/N-ethyl adjacent to an activating group) is 1. The second-order valence-electron chi connectivity index (χ2n) is 8.69. The lowest BCUT2D eigenvalue weighted by Crippen LogP contribution is -2.14. The number of H-pyrrole nitrogens is 2. The van der Waals surface area contributed by atoms with Crippen molar-refractivity contribution in [2.75, 3.05) is 20.6 Å². The molecule has 0 fully saturated rings. The SMILES string of the molecule is C=C/C(=C\C(=C)c1cnc2n[nH]c(-c3cc4c(-c5ccc(F)cc5)nccc4[nH]3)c2c1)CN(C)C. The van der Waals surface area contributed by atoms with Crippen LogP contribution in [0.1, 0.15) is 5.56 Å². The second kappa shape index (κ2) is 9.12. The molecule has 2 N–H and O–H groups in total. The normalized spacial score (nSPS) is 12.1. The van der Waals surface area contributed by atoms with Gasteiger partial charge < -0.3 is 9.88 Å². The fourth-order valence-corrected chi connectivity index (χ4v) is 4.15. The third-order valence-electron chi connectivity index (χ3n) is 5.84. The molecule has 0 atom stereocenters. The Morgan fingerprint density at radius 2 is 1.89 bits per heavy atom. The van der Waals surface area contributed by atoms with Crippen LogP contribution in [-0.2, 0) is 0 Å². The molecule has 4 aromatic heterocycles. The summed E-state index contributed by atoms with van der Waals surface area (Å²) in [6.45, 7) is 8.93. The van der Waals surface area contributed by atoms with Crippen molar-refractivity contribution < 1.29 is 4.39 Å². The minimum Gasteiger partial charge on any atom is -0.353 e. The summed E-state index contributed by atoms with van der Waals surface area (Å²) in [7, 11) is 4.03. The van der Waals surface area contributed by atoms with Gasteiger partial charge in [0.2, 0.25) is 0 Å². The molecule has 0 aliphatic heterocycles. The molecule has 0 radical (unpaired) electrons. The Bertz CT molecular complexity index is 1590. The molecule has 5 rings (SSSR count). The van der Waals surface area contributed by atoms with E-state index >= 15 is 0 Å². The van der Waals surface area contributed by atoms with E-state index in [1.54, 1.807) is 24.5 Å². The Balaban J connectivity index is 1.56. The van der Waals surface area contributed by atoms with Gasteiger partial charge in [-0.2, -0.15) is 5.10 Å². The lowest BCUT2D eigenvalue weighted by Gasteiger charge is -2.11. The van der Waals surface area contributed by atoms with Crippen molar-refractivity contribution in [3.05, 3.63) is 97.1 Å². The number of nitrogens with one attached hydrogen (secondary N) is 2. The number of hydrogen-bond donors (Lipinski definition) is 2. The Hall–Kier alpha value is -4.36. The van der Waals surface area contributed by atoms with Crippen molar-refractivity contribution in [1.82, 2.24) is 30.0 Å². The summed E-state index contributed by atoms with van der Waals surface area (Å²) in [5.74, 6) is -0.277. The first-order valence-corrected chi connectivity index (χ1v) is 11.2. The quantitative estimate of drug-likeness (QED) is 0.290. The van der Waals surface area contributed by atoms with Crippen LogP contribution in [0, 0.1) is 5.82 Å². The lowest BCUT2D eigenvalue weighted by atomic mass is 10.0. The predicted octanol–water partition coefficient (Wildman–Crippen LogP) is 5.99. The average Bonchev–Trinajstić information content (AvgIpc) is 3.47. The molecule has 0 amide bonds. The van der Waals surface area contributed by atoms with Crippen LogP contribution < -0.4 is 0 Å². The summed E-state index contributed by atoms with van der Waals surface area (Å²) >= 11 is 0. The Kier molecular flexibility index (Phi) is 5.84. The molecule has 0 aliphatic carbocycles. The van der Waals surface area contributed by atoms with Crippen molar-refractivity contribution >= 4 is 27.5 Å². The molecule has 0 bridgehead atoms. The zero-order valence-electron chi connectivity index (χ0n) is 19.6. The fraction of sp³-hybridized carbons (Fsp3) is 0.107. The van der Waals surface area contributed by atoms with Crippen LogP contribution in [-0.4, -0.2) is 50.7 Å². The molecule has 6 nitrogen and oxygen atoms in total. The second-order valence-corrected chi connectivity index (χ2v) is 8.69. The number of hydrogen-bond acceptors (Lipinski definition) is 4. The van der Waals surface area contributed by atoms with E-state index in [9.17, 15) is 4.39 Å². The van der Waals surface area contributed by atoms with Crippen LogP contribution in [0.3, 0.4) is 0 Å². The zero-order chi connectivity index (χ0) is 24.5. The fourth-order valence-electron chi connectivity index (χ4n) is 4.15. The molecule has 174 valence electrons. The monoisotopic (exact) mass is 464 g/mol. The number of allylic oxidation sites excluding steroid dienone is 2. The molecular formula is C28H25FN6. The van der Waals surface area contributed by atoms with E-state index in [-0.39, 0.29) is 5.82 Å². The van der Waals surface area contributed by atoms with Gasteiger partial charge in [-0.25, -0.2) is 9.37 Å². The Morgan fingerprint density at radius 3 is 2.63 bits per heavy atom. The molecule has 4 heterocycles. The molecular weight excluding hydrogens is 439 g/mol. The van der Waals surface area contributed by atoms with Crippen molar-refractivity contribution in [2.24, 2.45) is 0 Å². The van der Waals surface area contributed by atoms with E-state index in [4.69, 9.17) is 0 Å². The molecule has 5 aromatic rings. The highest BCUT2D eigenvalue weighted by Gasteiger charge is 2.15. The third-order valence-corrected chi connectivity index (χ3v) is 5.84. The van der Waals surface area contributed by atoms with Crippen molar-refractivity contribution in [2.45, 2.75) is 0 Å². The van der Waals surface area contributed by atoms with Crippen LogP contribution in [0.4, 0.5) is 4.39 Å². The highest BCUT2D eigenvalue weighted by atomic mass is 19.1. The van der Waals surface area contributed by atoms with Gasteiger partial charge in [0.25, 0.3) is 0 Å². The maximum absolute atomic E-state index is 13.4. The molecule has 35 heavy (non-hydrogen) atoms. The summed E-state index contributed by atoms with van der Waals surface area (Å²) in [6, 6.07) is 12.3. The third kappa shape index (κ3) is 4.41. The standard InChI is InChI=1S/C28H25FN6/c1-5-18(16-35(3)4)12-17(2)20-13-23-27(33-34-28(23)31-15-20)25-14-22-24(32-25)10-11-30-26(22)19-6-8-21(29)9-7-19/h5-15,32H,1-2,16H2,3-4H3,(H,31,33,34)/b18-12+. The van der Waals surface area contributed by atoms with Crippen LogP contribution >= 0.6 is 0 Å². The summed E-state index contributed by atoms with van der Waals surface area (Å²) in [4.78, 5) is 14.6. The van der Waals surface area contributed by atoms with Gasteiger partial charge in [-0.1, -0.05) is 25.3 Å². The summed E-state index contributed by atoms with van der Waals surface area (Å²) in [5, 5.41) is 9.33. The first kappa shape index (κ1) is 22.4. The van der Waals surface area contributed by atoms with Crippen LogP contribution in [0.15, 0.2) is 85.7 Å². The number of halogens is 1. The van der Waals surface area contributed by atoms with Gasteiger partial charge in [-0.05, 0) is 67.7 Å². The average molecular weight is 465 g/mol. The van der Waals surface area contributed by atoms with E-state index in [1.807, 2.05) is 44.4 Å². The largest absolute Gasteiger partial charge is 0.353 e. The number of aromatic amines is 2. The highest BCUT2D eigenvalue weighted by molar-refractivity contribution is 5.99. The highest BCUT2D eigenvalue weighted by Crippen LogP contribution is 2.33. The van der Waals surface area contributed by atoms with Crippen molar-refractivity contribution in [1.29, 1.82) is 0 Å². The van der Waals surface area contributed by atoms with E-state index in [1.165, 1.54) is 12.1 Å². The first-order chi connectivity index (χ1) is 16.9. The van der Waals surface area contributed by atoms with Gasteiger partial charge in [-0.15, -0.1) is 0 Å². The minimum atomic E-state index is -0.277. The summed E-state index contributed by atoms with van der Waals surface area (Å²) < 4.78 is 13.4. The van der Waals surface area contributed by atoms with Crippen molar-refractivity contribution in [3.8, 4) is 22.6 Å². The maximum Gasteiger partial charge on any atom is 0.181 e. The van der Waals surface area contributed by atoms with Gasteiger partial charge in [0.1, 0.15) is 5.82 Å². The maximum atomic E-state index is 13.4. The molecule has 0 spiro atoms. The number of pyridine rings is 2. The number of aromatic nitrogens is 5. The number of benzene rings is 1. The van der Waals surface area contributed by atoms with E-state index < -0.39 is 0 Å². The van der Waals surface area contributed by atoms with E-state index in [0.717, 1.165) is 62.2 Å². The smallest absolute Gasteiger partial charge is 0.181 e. The van der Waals surface area contributed by atoms with Crippen molar-refractivity contribution in [3.63, 3.8) is 0 Å². The molecule has 0 saturated heterocycles. The zero-order valence-corrected chi connectivity index (χ0v) is 19.6. The van der Waals surface area contributed by atoms with E-state index in [2.05, 4.69) is 43.2 Å². The van der Waals surface area contributed by atoms with Gasteiger partial charge >= 0.3 is 0 Å². The topological polar surface area (TPSA) is 73.5 Å². The summed E-state index contributed by atoms with van der Waals surface area (Å²) in [6.07, 6.45) is 7.40.